The van der Waals surface area contributed by atoms with Crippen LogP contribution in [0.2, 0.25) is 0 Å². The van der Waals surface area contributed by atoms with E-state index in [0.29, 0.717) is 24.3 Å². The number of nitrogens with zero attached hydrogens (tertiary/aromatic N) is 3. The van der Waals surface area contributed by atoms with Gasteiger partial charge in [0, 0.05) is 29.3 Å². The Morgan fingerprint density at radius 1 is 1.08 bits per heavy atom. The SMILES string of the molecule is CC(C)(C)OC(=O)NCCCCCNC(=O)c1ccc(N=[N+]=[N-])cc1. The number of nitrogens with one attached hydrogen (secondary N) is 2. The van der Waals surface area contributed by atoms with E-state index in [1.807, 2.05) is 20.8 Å². The second-order valence-electron chi connectivity index (χ2n) is 6.48. The van der Waals surface area contributed by atoms with E-state index in [0.717, 1.165) is 19.3 Å². The highest BCUT2D eigenvalue weighted by atomic mass is 16.6. The van der Waals surface area contributed by atoms with Gasteiger partial charge in [0.1, 0.15) is 5.60 Å². The molecule has 136 valence electrons. The van der Waals surface area contributed by atoms with Crippen LogP contribution in [0.15, 0.2) is 29.4 Å². The summed E-state index contributed by atoms with van der Waals surface area (Å²) in [6.07, 6.45) is 2.10. The highest BCUT2D eigenvalue weighted by molar-refractivity contribution is 5.94. The molecule has 8 nitrogen and oxygen atoms in total. The molecule has 0 radical (unpaired) electrons. The van der Waals surface area contributed by atoms with Gasteiger partial charge < -0.3 is 15.4 Å². The molecular formula is C17H25N5O3. The summed E-state index contributed by atoms with van der Waals surface area (Å²) in [6.45, 7) is 6.56. The molecule has 0 spiro atoms. The lowest BCUT2D eigenvalue weighted by Crippen LogP contribution is -2.33. The first-order chi connectivity index (χ1) is 11.8. The van der Waals surface area contributed by atoms with Crippen molar-refractivity contribution in [3.05, 3.63) is 40.3 Å². The minimum Gasteiger partial charge on any atom is -0.444 e. The van der Waals surface area contributed by atoms with Crippen LogP contribution in [0, 0.1) is 0 Å². The van der Waals surface area contributed by atoms with Gasteiger partial charge in [-0.3, -0.25) is 4.79 Å². The Kier molecular flexibility index (Phi) is 8.29. The molecule has 2 N–H and O–H groups in total. The molecule has 0 unspecified atom stereocenters. The molecule has 0 saturated heterocycles. The lowest BCUT2D eigenvalue weighted by Gasteiger charge is -2.19. The van der Waals surface area contributed by atoms with Gasteiger partial charge in [0.25, 0.3) is 5.91 Å². The number of unbranched alkanes of at least 4 members (excludes halogenated alkanes) is 2. The van der Waals surface area contributed by atoms with Gasteiger partial charge in [-0.15, -0.1) is 0 Å². The number of carbonyl (C=O) groups excluding carboxylic acids is 2. The lowest BCUT2D eigenvalue weighted by atomic mass is 10.2. The molecule has 0 bridgehead atoms. The third-order valence-electron chi connectivity index (χ3n) is 3.10. The van der Waals surface area contributed by atoms with Crippen molar-refractivity contribution in [2.24, 2.45) is 5.11 Å². The topological polar surface area (TPSA) is 116 Å². The number of azide groups is 1. The Morgan fingerprint density at radius 2 is 1.68 bits per heavy atom. The van der Waals surface area contributed by atoms with Gasteiger partial charge >= 0.3 is 6.09 Å². The summed E-state index contributed by atoms with van der Waals surface area (Å²) in [5.41, 5.74) is 8.83. The highest BCUT2D eigenvalue weighted by Gasteiger charge is 2.15. The molecule has 0 aliphatic heterocycles. The average Bonchev–Trinajstić information content (AvgIpc) is 2.53. The number of rotatable bonds is 8. The van der Waals surface area contributed by atoms with E-state index in [2.05, 4.69) is 20.7 Å². The molecule has 1 aromatic carbocycles. The Morgan fingerprint density at radius 3 is 2.24 bits per heavy atom. The Bertz CT molecular complexity index is 616. The first-order valence-corrected chi connectivity index (χ1v) is 8.22. The van der Waals surface area contributed by atoms with Crippen LogP contribution in [0.5, 0.6) is 0 Å². The zero-order valence-corrected chi connectivity index (χ0v) is 14.9. The normalized spacial score (nSPS) is 10.5. The summed E-state index contributed by atoms with van der Waals surface area (Å²) in [6, 6.07) is 6.42. The number of carbonyl (C=O) groups is 2. The molecule has 25 heavy (non-hydrogen) atoms. The Balaban J connectivity index is 2.14. The van der Waals surface area contributed by atoms with E-state index in [9.17, 15) is 9.59 Å². The van der Waals surface area contributed by atoms with E-state index < -0.39 is 11.7 Å². The molecule has 0 saturated carbocycles. The summed E-state index contributed by atoms with van der Waals surface area (Å²) >= 11 is 0. The highest BCUT2D eigenvalue weighted by Crippen LogP contribution is 2.13. The largest absolute Gasteiger partial charge is 0.444 e. The van der Waals surface area contributed by atoms with Crippen LogP contribution < -0.4 is 10.6 Å². The van der Waals surface area contributed by atoms with Gasteiger partial charge in [-0.25, -0.2) is 4.79 Å². The predicted octanol–water partition coefficient (Wildman–Crippen LogP) is 4.05. The standard InChI is InChI=1S/C17H25N5O3/c1-17(2,3)25-16(24)20-12-6-4-5-11-19-15(23)13-7-9-14(10-8-13)21-22-18/h7-10H,4-6,11-12H2,1-3H3,(H,19,23)(H,20,24). The molecule has 0 atom stereocenters. The lowest BCUT2D eigenvalue weighted by molar-refractivity contribution is 0.0527. The van der Waals surface area contributed by atoms with E-state index in [1.165, 1.54) is 0 Å². The third-order valence-corrected chi connectivity index (χ3v) is 3.10. The van der Waals surface area contributed by atoms with Crippen molar-refractivity contribution >= 4 is 17.7 Å². The maximum Gasteiger partial charge on any atom is 0.407 e. The van der Waals surface area contributed by atoms with Crippen LogP contribution in [0.4, 0.5) is 10.5 Å². The molecule has 2 amide bonds. The molecule has 0 heterocycles. The van der Waals surface area contributed by atoms with Crippen molar-refractivity contribution in [3.63, 3.8) is 0 Å². The van der Waals surface area contributed by atoms with Gasteiger partial charge in [-0.1, -0.05) is 17.2 Å². The van der Waals surface area contributed by atoms with Gasteiger partial charge in [0.05, 0.1) is 0 Å². The third kappa shape index (κ3) is 9.22. The maximum absolute atomic E-state index is 11.9. The number of hydrogen-bond donors (Lipinski definition) is 2. The van der Waals surface area contributed by atoms with Gasteiger partial charge in [0.15, 0.2) is 0 Å². The van der Waals surface area contributed by atoms with Crippen LogP contribution in [0.1, 0.15) is 50.4 Å². The van der Waals surface area contributed by atoms with Crippen LogP contribution in [0.3, 0.4) is 0 Å². The Hall–Kier alpha value is -2.73. The van der Waals surface area contributed by atoms with E-state index >= 15 is 0 Å². The molecule has 0 fully saturated rings. The smallest absolute Gasteiger partial charge is 0.407 e. The number of ether oxygens (including phenoxy) is 1. The molecule has 0 aliphatic rings. The van der Waals surface area contributed by atoms with Crippen LogP contribution in [-0.2, 0) is 4.74 Å². The number of hydrogen-bond acceptors (Lipinski definition) is 4. The molecule has 0 aliphatic carbocycles. The predicted molar refractivity (Wildman–Crippen MR) is 95.7 cm³/mol. The number of benzene rings is 1. The molecule has 0 aromatic heterocycles. The number of alkyl carbamates (subject to hydrolysis) is 1. The first kappa shape index (κ1) is 20.3. The number of amides is 2. The fourth-order valence-corrected chi connectivity index (χ4v) is 1.97. The summed E-state index contributed by atoms with van der Waals surface area (Å²) < 4.78 is 5.14. The average molecular weight is 347 g/mol. The second-order valence-corrected chi connectivity index (χ2v) is 6.48. The van der Waals surface area contributed by atoms with Crippen molar-refractivity contribution in [2.45, 2.75) is 45.6 Å². The fourth-order valence-electron chi connectivity index (χ4n) is 1.97. The quantitative estimate of drug-likeness (QED) is 0.320. The molecule has 1 rings (SSSR count). The van der Waals surface area contributed by atoms with E-state index in [-0.39, 0.29) is 5.91 Å². The van der Waals surface area contributed by atoms with E-state index in [4.69, 9.17) is 10.3 Å². The minimum absolute atomic E-state index is 0.167. The van der Waals surface area contributed by atoms with Crippen LogP contribution in [-0.4, -0.2) is 30.7 Å². The van der Waals surface area contributed by atoms with Gasteiger partial charge in [0.2, 0.25) is 0 Å². The zero-order chi connectivity index (χ0) is 18.7. The van der Waals surface area contributed by atoms with Crippen LogP contribution >= 0.6 is 0 Å². The van der Waals surface area contributed by atoms with Crippen molar-refractivity contribution in [2.75, 3.05) is 13.1 Å². The summed E-state index contributed by atoms with van der Waals surface area (Å²) in [5.74, 6) is -0.167. The molecular weight excluding hydrogens is 322 g/mol. The molecule has 1 aromatic rings. The van der Waals surface area contributed by atoms with Crippen molar-refractivity contribution in [1.29, 1.82) is 0 Å². The summed E-state index contributed by atoms with van der Waals surface area (Å²) in [7, 11) is 0. The second kappa shape index (κ2) is 10.2. The summed E-state index contributed by atoms with van der Waals surface area (Å²) in [4.78, 5) is 26.1. The zero-order valence-electron chi connectivity index (χ0n) is 14.9. The monoisotopic (exact) mass is 347 g/mol. The van der Waals surface area contributed by atoms with Crippen LogP contribution in [0.25, 0.3) is 10.4 Å². The van der Waals surface area contributed by atoms with Crippen molar-refractivity contribution in [3.8, 4) is 0 Å². The molecule has 8 heteroatoms. The van der Waals surface area contributed by atoms with Gasteiger partial charge in [-0.05, 0) is 57.7 Å². The van der Waals surface area contributed by atoms with Crippen molar-refractivity contribution in [1.82, 2.24) is 10.6 Å². The summed E-state index contributed by atoms with van der Waals surface area (Å²) in [5, 5.41) is 8.98. The van der Waals surface area contributed by atoms with Gasteiger partial charge in [-0.2, -0.15) is 0 Å². The maximum atomic E-state index is 11.9. The van der Waals surface area contributed by atoms with E-state index in [1.54, 1.807) is 24.3 Å². The minimum atomic E-state index is -0.493. The first-order valence-electron chi connectivity index (χ1n) is 8.22. The fraction of sp³-hybridized carbons (Fsp3) is 0.529. The van der Waals surface area contributed by atoms with Crippen molar-refractivity contribution < 1.29 is 14.3 Å². The Labute approximate surface area is 147 Å².